The van der Waals surface area contributed by atoms with Gasteiger partial charge in [-0.15, -0.1) is 0 Å². The highest BCUT2D eigenvalue weighted by Crippen LogP contribution is 2.20. The summed E-state index contributed by atoms with van der Waals surface area (Å²) in [6.07, 6.45) is 0.730. The van der Waals surface area contributed by atoms with Crippen LogP contribution in [0.4, 0.5) is 5.69 Å². The van der Waals surface area contributed by atoms with Gasteiger partial charge in [-0.2, -0.15) is 0 Å². The number of para-hydroxylation sites is 1. The van der Waals surface area contributed by atoms with Crippen molar-refractivity contribution < 1.29 is 18.7 Å². The maximum atomic E-state index is 12.8. The minimum Gasteiger partial charge on any atom is -0.467 e. The van der Waals surface area contributed by atoms with Gasteiger partial charge in [0.1, 0.15) is 5.76 Å². The lowest BCUT2D eigenvalue weighted by Crippen LogP contribution is -2.40. The van der Waals surface area contributed by atoms with Gasteiger partial charge >= 0.3 is 5.97 Å². The van der Waals surface area contributed by atoms with E-state index >= 15 is 0 Å². The van der Waals surface area contributed by atoms with Crippen LogP contribution in [0.2, 0.25) is 0 Å². The molecular formula is C23H26N2O4. The highest BCUT2D eigenvalue weighted by atomic mass is 16.5. The molecule has 0 saturated heterocycles. The summed E-state index contributed by atoms with van der Waals surface area (Å²) in [6, 6.07) is 14.9. The summed E-state index contributed by atoms with van der Waals surface area (Å²) in [6.45, 7) is 8.30. The SMILES string of the molecule is CCN(C(=O)[C@H](C)OC(=O)c1cc(C)n(Cc2ccco2)c1C)c1ccccc1. The number of aryl methyl sites for hydroxylation is 1. The van der Waals surface area contributed by atoms with E-state index in [1.165, 1.54) is 0 Å². The molecule has 0 aliphatic heterocycles. The Morgan fingerprint density at radius 2 is 1.86 bits per heavy atom. The summed E-state index contributed by atoms with van der Waals surface area (Å²) >= 11 is 0. The van der Waals surface area contributed by atoms with E-state index in [4.69, 9.17) is 9.15 Å². The van der Waals surface area contributed by atoms with Crippen molar-refractivity contribution in [2.75, 3.05) is 11.4 Å². The Bertz CT molecular complexity index is 974. The highest BCUT2D eigenvalue weighted by Gasteiger charge is 2.26. The number of nitrogens with zero attached hydrogens (tertiary/aromatic N) is 2. The van der Waals surface area contributed by atoms with Crippen LogP contribution in [0.1, 0.15) is 41.4 Å². The van der Waals surface area contributed by atoms with E-state index in [1.807, 2.05) is 67.8 Å². The number of aromatic nitrogens is 1. The zero-order chi connectivity index (χ0) is 21.0. The third-order valence-corrected chi connectivity index (χ3v) is 4.97. The van der Waals surface area contributed by atoms with Gasteiger partial charge in [-0.25, -0.2) is 4.79 Å². The minimum absolute atomic E-state index is 0.253. The van der Waals surface area contributed by atoms with E-state index in [2.05, 4.69) is 0 Å². The molecule has 0 fully saturated rings. The van der Waals surface area contributed by atoms with Crippen LogP contribution in [0, 0.1) is 13.8 Å². The second-order valence-electron chi connectivity index (χ2n) is 6.92. The standard InChI is InChI=1S/C23H26N2O4/c1-5-24(19-10-7-6-8-11-19)22(26)18(4)29-23(27)21-14-16(2)25(17(21)3)15-20-12-9-13-28-20/h6-14,18H,5,15H2,1-4H3/t18-/m0/s1. The third kappa shape index (κ3) is 4.42. The smallest absolute Gasteiger partial charge is 0.340 e. The van der Waals surface area contributed by atoms with E-state index < -0.39 is 12.1 Å². The number of likely N-dealkylation sites (N-methyl/N-ethyl adjacent to an activating group) is 1. The zero-order valence-electron chi connectivity index (χ0n) is 17.2. The summed E-state index contributed by atoms with van der Waals surface area (Å²) in [5, 5.41) is 0. The largest absolute Gasteiger partial charge is 0.467 e. The Morgan fingerprint density at radius 3 is 2.48 bits per heavy atom. The molecular weight excluding hydrogens is 368 g/mol. The van der Waals surface area contributed by atoms with E-state index in [0.717, 1.165) is 22.8 Å². The van der Waals surface area contributed by atoms with Gasteiger partial charge in [0.05, 0.1) is 18.4 Å². The molecule has 152 valence electrons. The predicted molar refractivity (Wildman–Crippen MR) is 111 cm³/mol. The average Bonchev–Trinajstić information content (AvgIpc) is 3.33. The van der Waals surface area contributed by atoms with Crippen LogP contribution in [-0.2, 0) is 16.1 Å². The van der Waals surface area contributed by atoms with Gasteiger partial charge < -0.3 is 18.6 Å². The van der Waals surface area contributed by atoms with Crippen molar-refractivity contribution in [2.24, 2.45) is 0 Å². The van der Waals surface area contributed by atoms with Gasteiger partial charge in [0, 0.05) is 23.6 Å². The van der Waals surface area contributed by atoms with E-state index in [9.17, 15) is 9.59 Å². The van der Waals surface area contributed by atoms with Gasteiger partial charge in [-0.1, -0.05) is 18.2 Å². The molecule has 29 heavy (non-hydrogen) atoms. The Balaban J connectivity index is 1.73. The first-order valence-electron chi connectivity index (χ1n) is 9.68. The Labute approximate surface area is 170 Å². The molecule has 0 saturated carbocycles. The van der Waals surface area contributed by atoms with Crippen molar-refractivity contribution in [3.63, 3.8) is 0 Å². The monoisotopic (exact) mass is 394 g/mol. The molecule has 1 atom stereocenters. The second kappa shape index (κ2) is 8.82. The molecule has 0 spiro atoms. The first kappa shape index (κ1) is 20.5. The minimum atomic E-state index is -0.893. The molecule has 0 unspecified atom stereocenters. The lowest BCUT2D eigenvalue weighted by molar-refractivity contribution is -0.126. The number of ether oxygens (including phenoxy) is 1. The molecule has 0 N–H and O–H groups in total. The van der Waals surface area contributed by atoms with Crippen LogP contribution < -0.4 is 4.90 Å². The molecule has 0 bridgehead atoms. The predicted octanol–water partition coefficient (Wildman–Crippen LogP) is 4.34. The quantitative estimate of drug-likeness (QED) is 0.559. The average molecular weight is 394 g/mol. The van der Waals surface area contributed by atoms with Gasteiger partial charge in [-0.3, -0.25) is 4.79 Å². The lowest BCUT2D eigenvalue weighted by atomic mass is 10.2. The van der Waals surface area contributed by atoms with E-state index in [0.29, 0.717) is 18.7 Å². The molecule has 1 amide bonds. The third-order valence-electron chi connectivity index (χ3n) is 4.97. The lowest BCUT2D eigenvalue weighted by Gasteiger charge is -2.24. The maximum absolute atomic E-state index is 12.8. The number of hydrogen-bond donors (Lipinski definition) is 0. The Kier molecular flexibility index (Phi) is 6.22. The summed E-state index contributed by atoms with van der Waals surface area (Å²) in [5.74, 6) is 0.0434. The van der Waals surface area contributed by atoms with Gasteiger partial charge in [0.15, 0.2) is 6.10 Å². The fraction of sp³-hybridized carbons (Fsp3) is 0.304. The number of hydrogen-bond acceptors (Lipinski definition) is 4. The first-order chi connectivity index (χ1) is 13.9. The van der Waals surface area contributed by atoms with Crippen molar-refractivity contribution >= 4 is 17.6 Å². The summed E-state index contributed by atoms with van der Waals surface area (Å²) < 4.78 is 12.9. The highest BCUT2D eigenvalue weighted by molar-refractivity contribution is 5.99. The number of rotatable bonds is 7. The summed E-state index contributed by atoms with van der Waals surface area (Å²) in [7, 11) is 0. The molecule has 6 heteroatoms. The van der Waals surface area contributed by atoms with Crippen molar-refractivity contribution in [1.82, 2.24) is 4.57 Å². The van der Waals surface area contributed by atoms with Gasteiger partial charge in [0.25, 0.3) is 5.91 Å². The molecule has 2 aromatic heterocycles. The molecule has 2 heterocycles. The number of esters is 1. The number of anilines is 1. The molecule has 0 aliphatic rings. The van der Waals surface area contributed by atoms with Crippen LogP contribution in [0.25, 0.3) is 0 Å². The molecule has 3 rings (SSSR count). The molecule has 6 nitrogen and oxygen atoms in total. The maximum Gasteiger partial charge on any atom is 0.340 e. The van der Waals surface area contributed by atoms with E-state index in [-0.39, 0.29) is 5.91 Å². The zero-order valence-corrected chi connectivity index (χ0v) is 17.2. The number of amides is 1. The van der Waals surface area contributed by atoms with Crippen LogP contribution in [-0.4, -0.2) is 29.1 Å². The van der Waals surface area contributed by atoms with Crippen LogP contribution in [0.5, 0.6) is 0 Å². The van der Waals surface area contributed by atoms with Crippen LogP contribution in [0.3, 0.4) is 0 Å². The second-order valence-corrected chi connectivity index (χ2v) is 6.92. The topological polar surface area (TPSA) is 64.7 Å². The Morgan fingerprint density at radius 1 is 1.14 bits per heavy atom. The molecule has 0 aliphatic carbocycles. The number of furan rings is 1. The fourth-order valence-corrected chi connectivity index (χ4v) is 3.38. The molecule has 3 aromatic rings. The van der Waals surface area contributed by atoms with Crippen molar-refractivity contribution in [2.45, 2.75) is 40.3 Å². The van der Waals surface area contributed by atoms with Gasteiger partial charge in [0.2, 0.25) is 0 Å². The fourth-order valence-electron chi connectivity index (χ4n) is 3.38. The van der Waals surface area contributed by atoms with Crippen molar-refractivity contribution in [1.29, 1.82) is 0 Å². The van der Waals surface area contributed by atoms with E-state index in [1.54, 1.807) is 24.2 Å². The number of benzene rings is 1. The number of carbonyl (C=O) groups is 2. The van der Waals surface area contributed by atoms with Crippen molar-refractivity contribution in [3.8, 4) is 0 Å². The van der Waals surface area contributed by atoms with Gasteiger partial charge in [-0.05, 0) is 58.0 Å². The first-order valence-corrected chi connectivity index (χ1v) is 9.68. The normalized spacial score (nSPS) is 11.9. The summed E-state index contributed by atoms with van der Waals surface area (Å²) in [5.41, 5.74) is 2.93. The number of carbonyl (C=O) groups excluding carboxylic acids is 2. The van der Waals surface area contributed by atoms with Crippen LogP contribution in [0.15, 0.2) is 59.2 Å². The summed E-state index contributed by atoms with van der Waals surface area (Å²) in [4.78, 5) is 27.2. The van der Waals surface area contributed by atoms with Crippen LogP contribution >= 0.6 is 0 Å². The molecule has 1 aromatic carbocycles. The molecule has 0 radical (unpaired) electrons. The Hall–Kier alpha value is -3.28. The van der Waals surface area contributed by atoms with Crippen molar-refractivity contribution in [3.05, 3.63) is 77.5 Å².